The smallest absolute Gasteiger partial charge is 0.258 e. The number of nitrogens with zero attached hydrogens (tertiary/aromatic N) is 1. The molecule has 0 aliphatic carbocycles. The van der Waals surface area contributed by atoms with Crippen LogP contribution < -0.4 is 15.6 Å². The van der Waals surface area contributed by atoms with Gasteiger partial charge in [0, 0.05) is 18.5 Å². The van der Waals surface area contributed by atoms with Crippen molar-refractivity contribution in [3.63, 3.8) is 0 Å². The minimum absolute atomic E-state index is 0.0387. The summed E-state index contributed by atoms with van der Waals surface area (Å²) >= 11 is 6.05. The van der Waals surface area contributed by atoms with E-state index in [2.05, 4.69) is 5.32 Å². The van der Waals surface area contributed by atoms with Gasteiger partial charge in [-0.05, 0) is 50.2 Å². The molecular formula is C17H19ClN2O4S. The molecule has 1 aromatic heterocycles. The lowest BCUT2D eigenvalue weighted by Gasteiger charge is -2.23. The molecule has 0 atom stereocenters. The summed E-state index contributed by atoms with van der Waals surface area (Å²) in [6.45, 7) is 1.82. The van der Waals surface area contributed by atoms with Gasteiger partial charge < -0.3 is 10.1 Å². The summed E-state index contributed by atoms with van der Waals surface area (Å²) in [5.41, 5.74) is 0.227. The van der Waals surface area contributed by atoms with E-state index in [9.17, 15) is 13.2 Å². The molecule has 0 bridgehead atoms. The summed E-state index contributed by atoms with van der Waals surface area (Å²) < 4.78 is 30.5. The van der Waals surface area contributed by atoms with E-state index < -0.39 is 9.84 Å². The van der Waals surface area contributed by atoms with Crippen molar-refractivity contribution in [2.24, 2.45) is 0 Å². The number of hydrogen-bond donors (Lipinski definition) is 1. The van der Waals surface area contributed by atoms with Crippen LogP contribution in [-0.4, -0.2) is 38.4 Å². The number of ether oxygens (including phenoxy) is 1. The fourth-order valence-electron chi connectivity index (χ4n) is 2.79. The molecule has 6 nitrogen and oxygen atoms in total. The zero-order chi connectivity index (χ0) is 18.0. The highest BCUT2D eigenvalue weighted by Gasteiger charge is 2.16. The predicted molar refractivity (Wildman–Crippen MR) is 96.7 cm³/mol. The van der Waals surface area contributed by atoms with Crippen molar-refractivity contribution in [1.82, 2.24) is 9.88 Å². The van der Waals surface area contributed by atoms with E-state index in [-0.39, 0.29) is 21.6 Å². The van der Waals surface area contributed by atoms with E-state index in [0.717, 1.165) is 32.2 Å². The number of rotatable bonds is 4. The summed E-state index contributed by atoms with van der Waals surface area (Å²) in [5, 5.41) is 3.35. The Balaban J connectivity index is 1.86. The molecule has 0 amide bonds. The number of pyridine rings is 1. The number of halogens is 1. The average molecular weight is 383 g/mol. The summed E-state index contributed by atoms with van der Waals surface area (Å²) in [4.78, 5) is 12.4. The van der Waals surface area contributed by atoms with E-state index in [1.165, 1.54) is 22.8 Å². The Morgan fingerprint density at radius 2 is 1.92 bits per heavy atom. The molecule has 2 heterocycles. The SMILES string of the molecule is CS(=O)(=O)c1ccc(-n2ccc(OC3CCNCC3)cc2=O)cc1Cl. The molecule has 1 saturated heterocycles. The van der Waals surface area contributed by atoms with Crippen molar-refractivity contribution in [3.05, 3.63) is 51.9 Å². The average Bonchev–Trinajstić information content (AvgIpc) is 2.54. The van der Waals surface area contributed by atoms with Gasteiger partial charge in [0.15, 0.2) is 9.84 Å². The molecule has 134 valence electrons. The minimum atomic E-state index is -3.41. The number of benzene rings is 1. The molecule has 0 spiro atoms. The fraction of sp³-hybridized carbons (Fsp3) is 0.353. The Bertz CT molecular complexity index is 934. The largest absolute Gasteiger partial charge is 0.490 e. The molecule has 3 rings (SSSR count). The van der Waals surface area contributed by atoms with Crippen molar-refractivity contribution in [2.75, 3.05) is 19.3 Å². The number of piperidine rings is 1. The Kier molecular flexibility index (Phi) is 5.17. The Morgan fingerprint density at radius 1 is 1.20 bits per heavy atom. The molecule has 1 aliphatic rings. The van der Waals surface area contributed by atoms with Crippen molar-refractivity contribution in [3.8, 4) is 11.4 Å². The van der Waals surface area contributed by atoms with Gasteiger partial charge in [0.05, 0.1) is 15.6 Å². The second kappa shape index (κ2) is 7.19. The molecule has 1 N–H and O–H groups in total. The Morgan fingerprint density at radius 3 is 2.52 bits per heavy atom. The lowest BCUT2D eigenvalue weighted by molar-refractivity contribution is 0.162. The van der Waals surface area contributed by atoms with Crippen molar-refractivity contribution in [2.45, 2.75) is 23.8 Å². The van der Waals surface area contributed by atoms with Crippen LogP contribution in [0.5, 0.6) is 5.75 Å². The van der Waals surface area contributed by atoms with Crippen LogP contribution in [0.25, 0.3) is 5.69 Å². The van der Waals surface area contributed by atoms with Crippen LogP contribution in [-0.2, 0) is 9.84 Å². The van der Waals surface area contributed by atoms with E-state index in [4.69, 9.17) is 16.3 Å². The van der Waals surface area contributed by atoms with Gasteiger partial charge in [-0.25, -0.2) is 8.42 Å². The Labute approximate surface area is 151 Å². The molecule has 1 aliphatic heterocycles. The minimum Gasteiger partial charge on any atom is -0.490 e. The van der Waals surface area contributed by atoms with E-state index in [1.54, 1.807) is 18.3 Å². The third kappa shape index (κ3) is 4.23. The molecular weight excluding hydrogens is 364 g/mol. The van der Waals surface area contributed by atoms with Gasteiger partial charge in [0.25, 0.3) is 5.56 Å². The van der Waals surface area contributed by atoms with Crippen molar-refractivity contribution in [1.29, 1.82) is 0 Å². The summed E-state index contributed by atoms with van der Waals surface area (Å²) in [7, 11) is -3.41. The zero-order valence-electron chi connectivity index (χ0n) is 13.7. The molecule has 2 aromatic rings. The van der Waals surface area contributed by atoms with E-state index in [1.807, 2.05) is 0 Å². The molecule has 8 heteroatoms. The third-order valence-electron chi connectivity index (χ3n) is 4.07. The second-order valence-electron chi connectivity index (χ2n) is 6.02. The highest BCUT2D eigenvalue weighted by atomic mass is 35.5. The van der Waals surface area contributed by atoms with Crippen LogP contribution in [0.15, 0.2) is 46.2 Å². The van der Waals surface area contributed by atoms with Gasteiger partial charge >= 0.3 is 0 Å². The molecule has 25 heavy (non-hydrogen) atoms. The third-order valence-corrected chi connectivity index (χ3v) is 5.65. The zero-order valence-corrected chi connectivity index (χ0v) is 15.3. The molecule has 0 saturated carbocycles. The summed E-state index contributed by atoms with van der Waals surface area (Å²) in [5.74, 6) is 0.534. The molecule has 1 fully saturated rings. The molecule has 0 unspecified atom stereocenters. The molecule has 0 radical (unpaired) electrons. The lowest BCUT2D eigenvalue weighted by Crippen LogP contribution is -2.34. The summed E-state index contributed by atoms with van der Waals surface area (Å²) in [6.07, 6.45) is 4.62. The first-order chi connectivity index (χ1) is 11.8. The highest BCUT2D eigenvalue weighted by Crippen LogP contribution is 2.24. The van der Waals surface area contributed by atoms with E-state index in [0.29, 0.717) is 11.4 Å². The maximum atomic E-state index is 12.4. The normalized spacial score (nSPS) is 15.9. The maximum absolute atomic E-state index is 12.4. The van der Waals surface area contributed by atoms with Gasteiger partial charge in [-0.15, -0.1) is 0 Å². The standard InChI is InChI=1S/C17H19ClN2O4S/c1-25(22,23)16-3-2-12(10-15(16)18)20-9-6-14(11-17(20)21)24-13-4-7-19-8-5-13/h2-3,6,9-11,13,19H,4-5,7-8H2,1H3. The first-order valence-electron chi connectivity index (χ1n) is 7.95. The van der Waals surface area contributed by atoms with Crippen LogP contribution in [0.4, 0.5) is 0 Å². The topological polar surface area (TPSA) is 77.4 Å². The van der Waals surface area contributed by atoms with Crippen LogP contribution in [0.1, 0.15) is 12.8 Å². The second-order valence-corrected chi connectivity index (χ2v) is 8.42. The quantitative estimate of drug-likeness (QED) is 0.875. The lowest BCUT2D eigenvalue weighted by atomic mass is 10.1. The molecule has 1 aromatic carbocycles. The van der Waals surface area contributed by atoms with E-state index >= 15 is 0 Å². The van der Waals surface area contributed by atoms with Gasteiger partial charge in [-0.3, -0.25) is 9.36 Å². The van der Waals surface area contributed by atoms with Crippen LogP contribution in [0.2, 0.25) is 5.02 Å². The number of aromatic nitrogens is 1. The fourth-order valence-corrected chi connectivity index (χ4v) is 4.12. The maximum Gasteiger partial charge on any atom is 0.258 e. The van der Waals surface area contributed by atoms with Crippen molar-refractivity contribution < 1.29 is 13.2 Å². The number of nitrogens with one attached hydrogen (secondary N) is 1. The van der Waals surface area contributed by atoms with Gasteiger partial charge in [-0.1, -0.05) is 11.6 Å². The number of sulfone groups is 1. The first kappa shape index (κ1) is 18.0. The predicted octanol–water partition coefficient (Wildman–Crippen LogP) is 2.03. The van der Waals surface area contributed by atoms with Crippen LogP contribution in [0.3, 0.4) is 0 Å². The monoisotopic (exact) mass is 382 g/mol. The van der Waals surface area contributed by atoms with Crippen LogP contribution in [0, 0.1) is 0 Å². The summed E-state index contributed by atoms with van der Waals surface area (Å²) in [6, 6.07) is 7.57. The Hall–Kier alpha value is -1.83. The number of hydrogen-bond acceptors (Lipinski definition) is 5. The highest BCUT2D eigenvalue weighted by molar-refractivity contribution is 7.90. The van der Waals surface area contributed by atoms with Crippen LogP contribution >= 0.6 is 11.6 Å². The van der Waals surface area contributed by atoms with Gasteiger partial charge in [-0.2, -0.15) is 0 Å². The first-order valence-corrected chi connectivity index (χ1v) is 10.2. The van der Waals surface area contributed by atoms with Gasteiger partial charge in [0.2, 0.25) is 0 Å². The van der Waals surface area contributed by atoms with Crippen molar-refractivity contribution >= 4 is 21.4 Å². The van der Waals surface area contributed by atoms with Gasteiger partial charge in [0.1, 0.15) is 11.9 Å².